The fourth-order valence-electron chi connectivity index (χ4n) is 9.25. The lowest BCUT2D eigenvalue weighted by molar-refractivity contribution is 0.00831. The number of ether oxygens (including phenoxy) is 1. The summed E-state index contributed by atoms with van der Waals surface area (Å²) in [6.07, 6.45) is 14.8. The molecule has 5 fully saturated rings. The fraction of sp³-hybridized carbons (Fsp3) is 0.487. The molecule has 0 radical (unpaired) electrons. The van der Waals surface area contributed by atoms with Gasteiger partial charge in [-0.15, -0.1) is 6.42 Å². The van der Waals surface area contributed by atoms with E-state index in [1.807, 2.05) is 6.07 Å². The summed E-state index contributed by atoms with van der Waals surface area (Å²) >= 11 is 0. The number of hydrogen-bond acceptors (Lipinski definition) is 8. The molecule has 8 nitrogen and oxygen atoms in total. The molecule has 0 amide bonds. The van der Waals surface area contributed by atoms with Crippen molar-refractivity contribution in [3.8, 4) is 35.2 Å². The molecule has 4 heterocycles. The van der Waals surface area contributed by atoms with Crippen molar-refractivity contribution < 1.29 is 18.6 Å². The van der Waals surface area contributed by atoms with Crippen molar-refractivity contribution in [2.45, 2.75) is 69.5 Å². The number of aromatic nitrogens is 2. The van der Waals surface area contributed by atoms with Crippen molar-refractivity contribution >= 4 is 27.5 Å². The van der Waals surface area contributed by atoms with Crippen LogP contribution < -0.4 is 20.7 Å². The number of terminal acetylenes is 1. The minimum Gasteiger partial charge on any atom is -0.508 e. The lowest BCUT2D eigenvalue weighted by atomic mass is 9.60. The van der Waals surface area contributed by atoms with Crippen LogP contribution in [0.2, 0.25) is 0 Å². The van der Waals surface area contributed by atoms with Gasteiger partial charge in [0.1, 0.15) is 22.9 Å². The quantitative estimate of drug-likeness (QED) is 0.216. The van der Waals surface area contributed by atoms with Crippen LogP contribution in [0, 0.1) is 34.8 Å². The first-order chi connectivity index (χ1) is 23.7. The van der Waals surface area contributed by atoms with E-state index in [9.17, 15) is 9.50 Å². The number of piperazine rings is 1. The maximum Gasteiger partial charge on any atom is 0.319 e. The first kappa shape index (κ1) is 31.0. The van der Waals surface area contributed by atoms with Crippen LogP contribution in [0.25, 0.3) is 32.8 Å². The lowest BCUT2D eigenvalue weighted by Gasteiger charge is -2.51. The standard InChI is InChI=1S/C39H42F2N6O2/c1-2-28-32(40)8-3-23-15-27(48)16-31(33(23)28)29-6-7-30-35(34(29)41)44-37(45-36(30)47-19-25-4-5-26(20-47)43-25)49-22-39(9-10-39)21-46-13-11-38(12-14-46)17-24(42)18-38/h1,3,6-8,15-16,24-26,43,48H,4-5,9-14,17-22,42H2. The Morgan fingerprint density at radius 3 is 2.45 bits per heavy atom. The van der Waals surface area contributed by atoms with Gasteiger partial charge in [-0.05, 0) is 105 Å². The van der Waals surface area contributed by atoms with Gasteiger partial charge in [0, 0.05) is 59.5 Å². The van der Waals surface area contributed by atoms with E-state index in [-0.39, 0.29) is 33.8 Å². The summed E-state index contributed by atoms with van der Waals surface area (Å²) < 4.78 is 38.3. The van der Waals surface area contributed by atoms with E-state index in [4.69, 9.17) is 26.9 Å². The van der Waals surface area contributed by atoms with Gasteiger partial charge in [-0.3, -0.25) is 0 Å². The van der Waals surface area contributed by atoms with E-state index in [1.165, 1.54) is 37.1 Å². The van der Waals surface area contributed by atoms with Crippen LogP contribution >= 0.6 is 0 Å². The molecule has 49 heavy (non-hydrogen) atoms. The zero-order valence-corrected chi connectivity index (χ0v) is 27.7. The molecule has 3 aromatic carbocycles. The molecular formula is C39H42F2N6O2. The number of rotatable bonds is 7. The first-order valence-electron chi connectivity index (χ1n) is 17.7. The number of nitrogens with one attached hydrogen (secondary N) is 1. The average Bonchev–Trinajstić information content (AvgIpc) is 3.77. The monoisotopic (exact) mass is 664 g/mol. The number of aromatic hydroxyl groups is 1. The van der Waals surface area contributed by atoms with Gasteiger partial charge in [0.2, 0.25) is 0 Å². The normalized spacial score (nSPS) is 24.3. The van der Waals surface area contributed by atoms with Crippen LogP contribution in [0.15, 0.2) is 36.4 Å². The Hall–Kier alpha value is -4.04. The van der Waals surface area contributed by atoms with Crippen molar-refractivity contribution in [3.63, 3.8) is 0 Å². The summed E-state index contributed by atoms with van der Waals surface area (Å²) in [4.78, 5) is 14.5. The number of fused-ring (bicyclic) bond motifs is 4. The molecule has 2 unspecified atom stereocenters. The highest BCUT2D eigenvalue weighted by molar-refractivity contribution is 6.04. The smallest absolute Gasteiger partial charge is 0.319 e. The summed E-state index contributed by atoms with van der Waals surface area (Å²) in [5, 5.41) is 15.7. The maximum atomic E-state index is 16.9. The predicted octanol–water partition coefficient (Wildman–Crippen LogP) is 5.72. The molecule has 4 aromatic rings. The van der Waals surface area contributed by atoms with Crippen molar-refractivity contribution in [1.29, 1.82) is 0 Å². The van der Waals surface area contributed by atoms with Crippen molar-refractivity contribution in [3.05, 3.63) is 53.6 Å². The molecule has 3 aliphatic heterocycles. The molecular weight excluding hydrogens is 622 g/mol. The molecule has 1 aromatic heterocycles. The van der Waals surface area contributed by atoms with Gasteiger partial charge in [0.05, 0.1) is 12.2 Å². The van der Waals surface area contributed by atoms with Crippen LogP contribution in [-0.2, 0) is 0 Å². The van der Waals surface area contributed by atoms with Crippen LogP contribution in [0.1, 0.15) is 56.9 Å². The van der Waals surface area contributed by atoms with Crippen LogP contribution in [0.3, 0.4) is 0 Å². The van der Waals surface area contributed by atoms with Gasteiger partial charge >= 0.3 is 6.01 Å². The second-order valence-corrected chi connectivity index (χ2v) is 15.6. The molecule has 2 aliphatic carbocycles. The number of phenols is 1. The maximum absolute atomic E-state index is 16.9. The molecule has 10 heteroatoms. The summed E-state index contributed by atoms with van der Waals surface area (Å²) in [7, 11) is 0. The Morgan fingerprint density at radius 2 is 1.76 bits per heavy atom. The molecule has 254 valence electrons. The largest absolute Gasteiger partial charge is 0.508 e. The SMILES string of the molecule is C#Cc1c(F)ccc2cc(O)cc(-c3ccc4c(N5CC6CCC(C5)N6)nc(OCC5(CN6CCC7(CC6)CC(N)C7)CC5)nc4c3F)c12. The third kappa shape index (κ3) is 5.47. The topological polar surface area (TPSA) is 99.8 Å². The number of benzene rings is 3. The molecule has 5 aliphatic rings. The highest BCUT2D eigenvalue weighted by atomic mass is 19.1. The van der Waals surface area contributed by atoms with Crippen molar-refractivity contribution in [1.82, 2.24) is 20.2 Å². The number of phenolic OH excluding ortho intramolecular Hbond substituents is 1. The Bertz CT molecular complexity index is 2000. The number of nitrogens with two attached hydrogens (primary N) is 1. The zero-order chi connectivity index (χ0) is 33.5. The number of likely N-dealkylation sites (tertiary alicyclic amines) is 1. The van der Waals surface area contributed by atoms with Crippen LogP contribution in [0.4, 0.5) is 14.6 Å². The Morgan fingerprint density at radius 1 is 1.00 bits per heavy atom. The van der Waals surface area contributed by atoms with Gasteiger partial charge < -0.3 is 30.7 Å². The molecule has 2 saturated carbocycles. The molecule has 2 bridgehead atoms. The van der Waals surface area contributed by atoms with E-state index in [1.54, 1.807) is 6.07 Å². The van der Waals surface area contributed by atoms with E-state index < -0.39 is 11.6 Å². The van der Waals surface area contributed by atoms with Crippen LogP contribution in [-0.4, -0.2) is 77.4 Å². The van der Waals surface area contributed by atoms with Gasteiger partial charge in [-0.25, -0.2) is 8.78 Å². The van der Waals surface area contributed by atoms with Gasteiger partial charge in [0.15, 0.2) is 5.82 Å². The van der Waals surface area contributed by atoms with Crippen molar-refractivity contribution in [2.24, 2.45) is 16.6 Å². The molecule has 3 saturated heterocycles. The summed E-state index contributed by atoms with van der Waals surface area (Å²) in [6.45, 7) is 5.17. The molecule has 1 spiro atoms. The third-order valence-corrected chi connectivity index (χ3v) is 12.1. The average molecular weight is 665 g/mol. The lowest BCUT2D eigenvalue weighted by Crippen LogP contribution is -2.52. The highest BCUT2D eigenvalue weighted by Gasteiger charge is 2.48. The van der Waals surface area contributed by atoms with E-state index in [0.29, 0.717) is 57.7 Å². The van der Waals surface area contributed by atoms with Crippen molar-refractivity contribution in [2.75, 3.05) is 44.2 Å². The number of hydrogen-bond donors (Lipinski definition) is 3. The van der Waals surface area contributed by atoms with Gasteiger partial charge in [-0.1, -0.05) is 18.1 Å². The molecule has 9 rings (SSSR count). The van der Waals surface area contributed by atoms with Gasteiger partial charge in [-0.2, -0.15) is 9.97 Å². The third-order valence-electron chi connectivity index (χ3n) is 12.1. The Balaban J connectivity index is 1.06. The predicted molar refractivity (Wildman–Crippen MR) is 187 cm³/mol. The number of piperidine rings is 1. The minimum atomic E-state index is -0.595. The zero-order valence-electron chi connectivity index (χ0n) is 27.7. The van der Waals surface area contributed by atoms with Crippen LogP contribution in [0.5, 0.6) is 11.8 Å². The second-order valence-electron chi connectivity index (χ2n) is 15.6. The molecule has 2 atom stereocenters. The number of nitrogens with zero attached hydrogens (tertiary/aromatic N) is 4. The van der Waals surface area contributed by atoms with E-state index in [0.717, 1.165) is 71.2 Å². The van der Waals surface area contributed by atoms with Gasteiger partial charge in [0.25, 0.3) is 0 Å². The minimum absolute atomic E-state index is 0.0190. The molecule has 4 N–H and O–H groups in total. The van der Waals surface area contributed by atoms with E-state index in [2.05, 4.69) is 21.0 Å². The summed E-state index contributed by atoms with van der Waals surface area (Å²) in [5.41, 5.74) is 7.25. The second kappa shape index (κ2) is 11.5. The first-order valence-corrected chi connectivity index (χ1v) is 17.7. The Kier molecular flexibility index (Phi) is 7.28. The fourth-order valence-corrected chi connectivity index (χ4v) is 9.25. The van der Waals surface area contributed by atoms with E-state index >= 15 is 4.39 Å². The summed E-state index contributed by atoms with van der Waals surface area (Å²) in [5.74, 6) is 1.84. The highest BCUT2D eigenvalue weighted by Crippen LogP contribution is 2.51. The summed E-state index contributed by atoms with van der Waals surface area (Å²) in [6, 6.07) is 10.4. The Labute approximate surface area is 285 Å². The number of anilines is 1. The number of halogens is 2.